The van der Waals surface area contributed by atoms with Gasteiger partial charge in [-0.2, -0.15) is 0 Å². The molecule has 1 rings (SSSR count). The zero-order valence-electron chi connectivity index (χ0n) is 11.9. The van der Waals surface area contributed by atoms with E-state index in [-0.39, 0.29) is 0 Å². The molecule has 0 spiro atoms. The topological polar surface area (TPSA) is 34.2 Å². The average Bonchev–Trinajstić information content (AvgIpc) is 2.39. The van der Waals surface area contributed by atoms with Crippen LogP contribution in [0.1, 0.15) is 6.92 Å². The number of piperazine rings is 1. The molecule has 0 N–H and O–H groups in total. The van der Waals surface area contributed by atoms with Crippen molar-refractivity contribution in [3.63, 3.8) is 0 Å². The van der Waals surface area contributed by atoms with Crippen LogP contribution in [-0.2, 0) is 14.2 Å². The number of nitrogens with zero attached hydrogens (tertiary/aromatic N) is 2. The van der Waals surface area contributed by atoms with Crippen molar-refractivity contribution in [1.29, 1.82) is 0 Å². The van der Waals surface area contributed by atoms with E-state index in [9.17, 15) is 0 Å². The van der Waals surface area contributed by atoms with Crippen molar-refractivity contribution in [1.82, 2.24) is 9.80 Å². The lowest BCUT2D eigenvalue weighted by atomic mass is 10.3. The smallest absolute Gasteiger partial charge is 0.0701 e. The van der Waals surface area contributed by atoms with Crippen LogP contribution in [-0.4, -0.2) is 89.2 Å². The second-order valence-corrected chi connectivity index (χ2v) is 4.57. The Morgan fingerprint density at radius 1 is 0.778 bits per heavy atom. The molecule has 1 aliphatic rings. The van der Waals surface area contributed by atoms with Gasteiger partial charge in [0.2, 0.25) is 0 Å². The van der Waals surface area contributed by atoms with Gasteiger partial charge in [0.05, 0.1) is 33.0 Å². The maximum absolute atomic E-state index is 5.55. The summed E-state index contributed by atoms with van der Waals surface area (Å²) in [5.74, 6) is 0. The van der Waals surface area contributed by atoms with Crippen LogP contribution >= 0.6 is 0 Å². The Morgan fingerprint density at radius 2 is 1.33 bits per heavy atom. The molecule has 1 fully saturated rings. The summed E-state index contributed by atoms with van der Waals surface area (Å²) in [4.78, 5) is 4.82. The zero-order valence-corrected chi connectivity index (χ0v) is 11.9. The van der Waals surface area contributed by atoms with E-state index in [1.165, 1.54) is 13.1 Å². The number of likely N-dealkylation sites (N-methyl/N-ethyl adjacent to an activating group) is 1. The molecule has 108 valence electrons. The fourth-order valence-electron chi connectivity index (χ4n) is 1.85. The van der Waals surface area contributed by atoms with Crippen LogP contribution in [0.15, 0.2) is 0 Å². The van der Waals surface area contributed by atoms with Crippen molar-refractivity contribution >= 4 is 0 Å². The largest absolute Gasteiger partial charge is 0.379 e. The maximum Gasteiger partial charge on any atom is 0.0701 e. The number of ether oxygens (including phenoxy) is 3. The fraction of sp³-hybridized carbons (Fsp3) is 1.00. The molecule has 5 heteroatoms. The zero-order chi connectivity index (χ0) is 13.1. The van der Waals surface area contributed by atoms with Crippen LogP contribution in [0, 0.1) is 0 Å². The minimum absolute atomic E-state index is 0.662. The van der Waals surface area contributed by atoms with Gasteiger partial charge >= 0.3 is 0 Å². The summed E-state index contributed by atoms with van der Waals surface area (Å²) < 4.78 is 16.1. The number of rotatable bonds is 10. The normalized spacial score (nSPS) is 18.3. The first-order valence-corrected chi connectivity index (χ1v) is 6.97. The third-order valence-corrected chi connectivity index (χ3v) is 3.10. The van der Waals surface area contributed by atoms with E-state index in [4.69, 9.17) is 14.2 Å². The van der Waals surface area contributed by atoms with Crippen molar-refractivity contribution in [3.8, 4) is 0 Å². The van der Waals surface area contributed by atoms with Crippen molar-refractivity contribution in [2.24, 2.45) is 0 Å². The highest BCUT2D eigenvalue weighted by Crippen LogP contribution is 1.98. The lowest BCUT2D eigenvalue weighted by molar-refractivity contribution is 0.0104. The minimum atomic E-state index is 0.662. The molecule has 18 heavy (non-hydrogen) atoms. The summed E-state index contributed by atoms with van der Waals surface area (Å²) in [6.45, 7) is 11.9. The summed E-state index contributed by atoms with van der Waals surface area (Å²) in [7, 11) is 2.17. The summed E-state index contributed by atoms with van der Waals surface area (Å²) in [5.41, 5.74) is 0. The predicted octanol–water partition coefficient (Wildman–Crippen LogP) is 0.304. The highest BCUT2D eigenvalue weighted by molar-refractivity contribution is 4.68. The third-order valence-electron chi connectivity index (χ3n) is 3.10. The van der Waals surface area contributed by atoms with E-state index in [0.29, 0.717) is 26.4 Å². The minimum Gasteiger partial charge on any atom is -0.379 e. The highest BCUT2D eigenvalue weighted by atomic mass is 16.5. The van der Waals surface area contributed by atoms with Crippen molar-refractivity contribution in [3.05, 3.63) is 0 Å². The van der Waals surface area contributed by atoms with Crippen LogP contribution in [0.5, 0.6) is 0 Å². The first-order chi connectivity index (χ1) is 8.83. The van der Waals surface area contributed by atoms with E-state index >= 15 is 0 Å². The number of hydrogen-bond donors (Lipinski definition) is 0. The molecule has 0 amide bonds. The first kappa shape index (κ1) is 15.9. The Morgan fingerprint density at radius 3 is 1.94 bits per heavy atom. The van der Waals surface area contributed by atoms with E-state index in [0.717, 1.165) is 32.8 Å². The van der Waals surface area contributed by atoms with Crippen LogP contribution in [0.25, 0.3) is 0 Å². The molecule has 0 radical (unpaired) electrons. The molecule has 0 bridgehead atoms. The summed E-state index contributed by atoms with van der Waals surface area (Å²) >= 11 is 0. The molecule has 0 unspecified atom stereocenters. The molecule has 0 aromatic carbocycles. The van der Waals surface area contributed by atoms with E-state index < -0.39 is 0 Å². The Labute approximate surface area is 111 Å². The van der Waals surface area contributed by atoms with Gasteiger partial charge in [-0.05, 0) is 14.0 Å². The predicted molar refractivity (Wildman–Crippen MR) is 72.1 cm³/mol. The van der Waals surface area contributed by atoms with Gasteiger partial charge < -0.3 is 19.1 Å². The molecule has 0 aromatic heterocycles. The van der Waals surface area contributed by atoms with E-state index in [1.54, 1.807) is 0 Å². The van der Waals surface area contributed by atoms with Gasteiger partial charge in [-0.25, -0.2) is 0 Å². The molecular formula is C13H28N2O3. The van der Waals surface area contributed by atoms with Crippen LogP contribution in [0.4, 0.5) is 0 Å². The van der Waals surface area contributed by atoms with Crippen molar-refractivity contribution in [2.45, 2.75) is 6.92 Å². The molecule has 0 aliphatic carbocycles. The van der Waals surface area contributed by atoms with Gasteiger partial charge in [-0.3, -0.25) is 4.90 Å². The summed E-state index contributed by atoms with van der Waals surface area (Å²) in [5, 5.41) is 0. The Kier molecular flexibility index (Phi) is 9.42. The second-order valence-electron chi connectivity index (χ2n) is 4.57. The second kappa shape index (κ2) is 10.7. The van der Waals surface area contributed by atoms with Crippen LogP contribution in [0.2, 0.25) is 0 Å². The molecule has 0 atom stereocenters. The fourth-order valence-corrected chi connectivity index (χ4v) is 1.85. The van der Waals surface area contributed by atoms with E-state index in [1.807, 2.05) is 6.92 Å². The lowest BCUT2D eigenvalue weighted by Gasteiger charge is -2.32. The summed E-state index contributed by atoms with van der Waals surface area (Å²) in [6.07, 6.45) is 0. The van der Waals surface area contributed by atoms with Gasteiger partial charge in [0.1, 0.15) is 0 Å². The maximum atomic E-state index is 5.55. The average molecular weight is 260 g/mol. The lowest BCUT2D eigenvalue weighted by Crippen LogP contribution is -2.45. The van der Waals surface area contributed by atoms with Crippen LogP contribution in [0.3, 0.4) is 0 Å². The van der Waals surface area contributed by atoms with Crippen molar-refractivity contribution in [2.75, 3.05) is 79.4 Å². The molecule has 1 heterocycles. The number of hydrogen-bond acceptors (Lipinski definition) is 5. The quantitative estimate of drug-likeness (QED) is 0.528. The Hall–Kier alpha value is -0.200. The Bertz CT molecular complexity index is 185. The standard InChI is InChI=1S/C13H28N2O3/c1-3-16-10-11-18-13-12-17-9-8-15-6-4-14(2)5-7-15/h3-13H2,1-2H3. The van der Waals surface area contributed by atoms with Gasteiger partial charge in [0, 0.05) is 39.3 Å². The van der Waals surface area contributed by atoms with Crippen LogP contribution < -0.4 is 0 Å². The van der Waals surface area contributed by atoms with Gasteiger partial charge in [0.25, 0.3) is 0 Å². The molecule has 5 nitrogen and oxygen atoms in total. The van der Waals surface area contributed by atoms with Gasteiger partial charge in [0.15, 0.2) is 0 Å². The third kappa shape index (κ3) is 8.00. The Balaban J connectivity index is 1.78. The SMILES string of the molecule is CCOCCOCCOCCN1CCN(C)CC1. The molecule has 1 saturated heterocycles. The molecule has 0 saturated carbocycles. The van der Waals surface area contributed by atoms with Gasteiger partial charge in [-0.1, -0.05) is 0 Å². The molecule has 0 aromatic rings. The molecule has 1 aliphatic heterocycles. The van der Waals surface area contributed by atoms with E-state index in [2.05, 4.69) is 16.8 Å². The highest BCUT2D eigenvalue weighted by Gasteiger charge is 2.12. The molecular weight excluding hydrogens is 232 g/mol. The monoisotopic (exact) mass is 260 g/mol. The van der Waals surface area contributed by atoms with Crippen molar-refractivity contribution < 1.29 is 14.2 Å². The summed E-state index contributed by atoms with van der Waals surface area (Å²) in [6, 6.07) is 0. The van der Waals surface area contributed by atoms with Gasteiger partial charge in [-0.15, -0.1) is 0 Å². The first-order valence-electron chi connectivity index (χ1n) is 6.97.